The molecule has 0 aliphatic carbocycles. The topological polar surface area (TPSA) is 66.5 Å². The van der Waals surface area contributed by atoms with Crippen LogP contribution in [0.1, 0.15) is 26.4 Å². The molecule has 2 aromatic carbocycles. The number of fused-ring (bicyclic) bond motifs is 1. The number of imide groups is 1. The molecule has 1 aliphatic heterocycles. The predicted molar refractivity (Wildman–Crippen MR) is 118 cm³/mol. The quantitative estimate of drug-likeness (QED) is 0.643. The van der Waals surface area contributed by atoms with Crippen LogP contribution in [0.2, 0.25) is 0 Å². The van der Waals surface area contributed by atoms with Gasteiger partial charge in [0.1, 0.15) is 0 Å². The first-order chi connectivity index (χ1) is 14.0. The summed E-state index contributed by atoms with van der Waals surface area (Å²) >= 11 is 2.48. The van der Waals surface area contributed by atoms with Gasteiger partial charge in [0.25, 0.3) is 11.1 Å². The summed E-state index contributed by atoms with van der Waals surface area (Å²) < 4.78 is 1.07. The van der Waals surface area contributed by atoms with Gasteiger partial charge in [0.2, 0.25) is 5.91 Å². The number of nitrogens with one attached hydrogen (secondary N) is 1. The molecule has 0 saturated carbocycles. The first kappa shape index (κ1) is 19.7. The lowest BCUT2D eigenvalue weighted by molar-refractivity contribution is -0.124. The van der Waals surface area contributed by atoms with Crippen molar-refractivity contribution >= 4 is 50.2 Å². The highest BCUT2D eigenvalue weighted by atomic mass is 32.2. The molecule has 3 amide bonds. The third-order valence-corrected chi connectivity index (χ3v) is 6.94. The van der Waals surface area contributed by atoms with Gasteiger partial charge in [0, 0.05) is 17.8 Å². The number of thioether (sulfide) groups is 1. The monoisotopic (exact) mass is 424 g/mol. The van der Waals surface area contributed by atoms with Crippen LogP contribution in [0.15, 0.2) is 48.5 Å². The molecule has 4 rings (SSSR count). The minimum atomic E-state index is -0.244. The van der Waals surface area contributed by atoms with Gasteiger partial charge in [-0.15, -0.1) is 11.3 Å². The Morgan fingerprint density at radius 1 is 1.10 bits per heavy atom. The highest BCUT2D eigenvalue weighted by Crippen LogP contribution is 2.33. The van der Waals surface area contributed by atoms with Crippen molar-refractivity contribution in [1.82, 2.24) is 10.2 Å². The molecule has 5 nitrogen and oxygen atoms in total. The Labute approximate surface area is 177 Å². The van der Waals surface area contributed by atoms with Crippen LogP contribution in [0.3, 0.4) is 0 Å². The normalized spacial score (nSPS) is 14.0. The van der Waals surface area contributed by atoms with Crippen LogP contribution in [0.4, 0.5) is 4.79 Å². The summed E-state index contributed by atoms with van der Waals surface area (Å²) in [5.74, 6) is -0.180. The zero-order valence-corrected chi connectivity index (χ0v) is 17.6. The third-order valence-electron chi connectivity index (χ3n) is 4.87. The number of hydrogen-bond donors (Lipinski definition) is 1. The largest absolute Gasteiger partial charge is 0.350 e. The Balaban J connectivity index is 1.54. The Bertz CT molecular complexity index is 1070. The van der Waals surface area contributed by atoms with E-state index in [0.29, 0.717) is 11.3 Å². The van der Waals surface area contributed by atoms with Crippen molar-refractivity contribution in [3.05, 3.63) is 70.1 Å². The molecule has 1 saturated heterocycles. The molecule has 3 aromatic rings. The molecule has 1 N–H and O–H groups in total. The van der Waals surface area contributed by atoms with Crippen LogP contribution in [-0.2, 0) is 11.2 Å². The summed E-state index contributed by atoms with van der Waals surface area (Å²) in [5.41, 5.74) is 3.36. The van der Waals surface area contributed by atoms with Gasteiger partial charge >= 0.3 is 0 Å². The van der Waals surface area contributed by atoms with E-state index in [1.807, 2.05) is 24.3 Å². The van der Waals surface area contributed by atoms with Crippen molar-refractivity contribution in [3.63, 3.8) is 0 Å². The van der Waals surface area contributed by atoms with Crippen LogP contribution in [0.5, 0.6) is 0 Å². The molecule has 0 radical (unpaired) electrons. The Morgan fingerprint density at radius 3 is 2.59 bits per heavy atom. The molecule has 1 fully saturated rings. The highest BCUT2D eigenvalue weighted by molar-refractivity contribution is 8.14. The van der Waals surface area contributed by atoms with Gasteiger partial charge in [-0.2, -0.15) is 0 Å². The van der Waals surface area contributed by atoms with E-state index in [1.165, 1.54) is 21.8 Å². The van der Waals surface area contributed by atoms with Crippen molar-refractivity contribution in [1.29, 1.82) is 0 Å². The second-order valence-electron chi connectivity index (χ2n) is 6.92. The first-order valence-electron chi connectivity index (χ1n) is 9.34. The molecule has 0 unspecified atom stereocenters. The number of amides is 3. The molecule has 0 bridgehead atoms. The summed E-state index contributed by atoms with van der Waals surface area (Å²) in [6.45, 7) is 2.50. The van der Waals surface area contributed by atoms with E-state index in [-0.39, 0.29) is 35.9 Å². The lowest BCUT2D eigenvalue weighted by atomic mass is 10.0. The number of rotatable bonds is 6. The molecule has 0 spiro atoms. The number of nitrogens with zero attached hydrogens (tertiary/aromatic N) is 1. The van der Waals surface area contributed by atoms with Crippen molar-refractivity contribution in [2.24, 2.45) is 0 Å². The summed E-state index contributed by atoms with van der Waals surface area (Å²) in [6, 6.07) is 16.4. The summed E-state index contributed by atoms with van der Waals surface area (Å²) in [4.78, 5) is 38.2. The molecule has 1 aliphatic rings. The Kier molecular flexibility index (Phi) is 5.69. The van der Waals surface area contributed by atoms with E-state index in [9.17, 15) is 14.4 Å². The minimum Gasteiger partial charge on any atom is -0.350 e. The molecule has 7 heteroatoms. The zero-order valence-electron chi connectivity index (χ0n) is 15.9. The second-order valence-corrected chi connectivity index (χ2v) is 8.90. The third kappa shape index (κ3) is 4.21. The number of carbonyl (C=O) groups excluding carboxylic acids is 3. The maximum Gasteiger partial charge on any atom is 0.288 e. The van der Waals surface area contributed by atoms with E-state index in [0.717, 1.165) is 33.0 Å². The van der Waals surface area contributed by atoms with E-state index in [1.54, 1.807) is 0 Å². The van der Waals surface area contributed by atoms with Crippen LogP contribution in [-0.4, -0.2) is 40.8 Å². The average Bonchev–Trinajstić information content (AvgIpc) is 3.24. The molecular formula is C22H20N2O3S2. The first-order valence-corrected chi connectivity index (χ1v) is 11.1. The molecular weight excluding hydrogens is 404 g/mol. The van der Waals surface area contributed by atoms with Crippen molar-refractivity contribution in [2.75, 3.05) is 18.8 Å². The van der Waals surface area contributed by atoms with Crippen LogP contribution in [0, 0.1) is 6.92 Å². The van der Waals surface area contributed by atoms with Gasteiger partial charge in [-0.1, -0.05) is 59.8 Å². The number of hydrogen-bond acceptors (Lipinski definition) is 5. The van der Waals surface area contributed by atoms with Crippen molar-refractivity contribution < 1.29 is 14.4 Å². The maximum atomic E-state index is 12.9. The fourth-order valence-corrected chi connectivity index (χ4v) is 5.22. The highest BCUT2D eigenvalue weighted by Gasteiger charge is 2.29. The summed E-state index contributed by atoms with van der Waals surface area (Å²) in [5, 5.41) is 3.72. The number of benzene rings is 2. The molecule has 148 valence electrons. The fourth-order valence-electron chi connectivity index (χ4n) is 3.33. The van der Waals surface area contributed by atoms with Gasteiger partial charge in [0.05, 0.1) is 10.6 Å². The van der Waals surface area contributed by atoms with E-state index < -0.39 is 0 Å². The lowest BCUT2D eigenvalue weighted by Gasteiger charge is -2.13. The summed E-state index contributed by atoms with van der Waals surface area (Å²) in [7, 11) is 0. The average molecular weight is 425 g/mol. The van der Waals surface area contributed by atoms with Crippen molar-refractivity contribution in [3.8, 4) is 0 Å². The van der Waals surface area contributed by atoms with Crippen LogP contribution < -0.4 is 5.32 Å². The fraction of sp³-hybridized carbons (Fsp3) is 0.227. The number of aryl methyl sites for hydroxylation is 1. The molecule has 29 heavy (non-hydrogen) atoms. The summed E-state index contributed by atoms with van der Waals surface area (Å²) in [6.07, 6.45) is 0.673. The van der Waals surface area contributed by atoms with Gasteiger partial charge in [-0.25, -0.2) is 0 Å². The van der Waals surface area contributed by atoms with Gasteiger partial charge < -0.3 is 5.32 Å². The number of thiophene rings is 1. The van der Waals surface area contributed by atoms with Crippen LogP contribution in [0.25, 0.3) is 10.1 Å². The second kappa shape index (κ2) is 8.39. The van der Waals surface area contributed by atoms with E-state index >= 15 is 0 Å². The Hall–Kier alpha value is -2.64. The smallest absolute Gasteiger partial charge is 0.288 e. The molecule has 0 atom stereocenters. The standard InChI is InChI=1S/C22H20N2O3S2/c1-14-6-8-15(9-7-14)12-17-16-4-2-3-5-18(16)29-20(17)21(26)23-10-11-24-19(25)13-28-22(24)27/h2-9H,10-13H2,1H3,(H,23,26). The SMILES string of the molecule is Cc1ccc(Cc2c(C(=O)NCCN3C(=O)CSC3=O)sc3ccccc23)cc1. The predicted octanol–water partition coefficient (Wildman–Crippen LogP) is 4.23. The van der Waals surface area contributed by atoms with Gasteiger partial charge in [-0.3, -0.25) is 19.3 Å². The van der Waals surface area contributed by atoms with E-state index in [2.05, 4.69) is 36.5 Å². The number of carbonyl (C=O) groups is 3. The Morgan fingerprint density at radius 2 is 1.86 bits per heavy atom. The van der Waals surface area contributed by atoms with Gasteiger partial charge in [0.15, 0.2) is 0 Å². The molecule has 2 heterocycles. The lowest BCUT2D eigenvalue weighted by Crippen LogP contribution is -2.37. The van der Waals surface area contributed by atoms with Gasteiger partial charge in [-0.05, 0) is 35.9 Å². The maximum absolute atomic E-state index is 12.9. The molecule has 1 aromatic heterocycles. The zero-order chi connectivity index (χ0) is 20.4. The minimum absolute atomic E-state index is 0.167. The van der Waals surface area contributed by atoms with E-state index in [4.69, 9.17) is 0 Å². The van der Waals surface area contributed by atoms with Crippen LogP contribution >= 0.6 is 23.1 Å². The van der Waals surface area contributed by atoms with Crippen molar-refractivity contribution in [2.45, 2.75) is 13.3 Å².